The summed E-state index contributed by atoms with van der Waals surface area (Å²) in [5.41, 5.74) is 10.5. The van der Waals surface area contributed by atoms with Gasteiger partial charge >= 0.3 is 0 Å². The molecule has 0 aromatic heterocycles. The lowest BCUT2D eigenvalue weighted by molar-refractivity contribution is 1.63. The molecule has 10 aromatic carbocycles. The third kappa shape index (κ3) is 3.04. The average Bonchev–Trinajstić information content (AvgIpc) is 3.45. The Kier molecular flexibility index (Phi) is 4.66. The molecule has 0 heterocycles. The minimum Gasteiger partial charge on any atom is -0.0622 e. The van der Waals surface area contributed by atoms with E-state index in [2.05, 4.69) is 158 Å². The third-order valence-electron chi connectivity index (χ3n) is 10.5. The summed E-state index contributed by atoms with van der Waals surface area (Å²) in [5.74, 6) is 0. The Labute approximate surface area is 266 Å². The van der Waals surface area contributed by atoms with E-state index in [0.29, 0.717) is 0 Å². The molecule has 1 aliphatic carbocycles. The molecular formula is C46H26. The maximum Gasteiger partial charge on any atom is -0.000740 e. The Bertz CT molecular complexity index is 2690. The van der Waals surface area contributed by atoms with Gasteiger partial charge in [-0.2, -0.15) is 0 Å². The summed E-state index contributed by atoms with van der Waals surface area (Å²) >= 11 is 0. The van der Waals surface area contributed by atoms with Gasteiger partial charge < -0.3 is 0 Å². The second-order valence-corrected chi connectivity index (χ2v) is 12.8. The molecule has 0 radical (unpaired) electrons. The molecular weight excluding hydrogens is 553 g/mol. The van der Waals surface area contributed by atoms with Gasteiger partial charge in [0.1, 0.15) is 0 Å². The van der Waals surface area contributed by atoms with E-state index in [4.69, 9.17) is 0 Å². The van der Waals surface area contributed by atoms with E-state index >= 15 is 0 Å². The summed E-state index contributed by atoms with van der Waals surface area (Å²) in [7, 11) is 0. The van der Waals surface area contributed by atoms with Gasteiger partial charge in [0.2, 0.25) is 0 Å². The highest BCUT2D eigenvalue weighted by molar-refractivity contribution is 6.39. The number of rotatable bonds is 2. The van der Waals surface area contributed by atoms with Gasteiger partial charge in [-0.25, -0.2) is 0 Å². The Morgan fingerprint density at radius 2 is 0.674 bits per heavy atom. The number of benzene rings is 10. The quantitative estimate of drug-likeness (QED) is 0.141. The van der Waals surface area contributed by atoms with Crippen LogP contribution < -0.4 is 0 Å². The van der Waals surface area contributed by atoms with Crippen molar-refractivity contribution in [3.05, 3.63) is 158 Å². The summed E-state index contributed by atoms with van der Waals surface area (Å²) in [6.07, 6.45) is 0. The largest absolute Gasteiger partial charge is 0.0622 e. The Balaban J connectivity index is 1.41. The molecule has 0 saturated carbocycles. The monoisotopic (exact) mass is 578 g/mol. The fraction of sp³-hybridized carbons (Fsp3) is 0. The first-order valence-electron chi connectivity index (χ1n) is 16.1. The first-order chi connectivity index (χ1) is 22.8. The van der Waals surface area contributed by atoms with E-state index in [1.54, 1.807) is 0 Å². The number of fused-ring (bicyclic) bond motifs is 7. The normalized spacial score (nSPS) is 12.3. The summed E-state index contributed by atoms with van der Waals surface area (Å²) < 4.78 is 0. The Morgan fingerprint density at radius 1 is 0.239 bits per heavy atom. The summed E-state index contributed by atoms with van der Waals surface area (Å²) in [6.45, 7) is 0. The van der Waals surface area contributed by atoms with E-state index in [1.165, 1.54) is 109 Å². The van der Waals surface area contributed by atoms with Crippen LogP contribution in [0.15, 0.2) is 158 Å². The minimum absolute atomic E-state index is 1.26. The molecule has 10 aromatic rings. The van der Waals surface area contributed by atoms with Crippen LogP contribution in [0.25, 0.3) is 109 Å². The van der Waals surface area contributed by atoms with Crippen molar-refractivity contribution >= 4 is 64.6 Å². The molecule has 0 heteroatoms. The molecule has 0 bridgehead atoms. The zero-order chi connectivity index (χ0) is 29.9. The van der Waals surface area contributed by atoms with Crippen molar-refractivity contribution in [2.75, 3.05) is 0 Å². The highest BCUT2D eigenvalue weighted by Crippen LogP contribution is 2.59. The molecule has 0 saturated heterocycles. The van der Waals surface area contributed by atoms with E-state index < -0.39 is 0 Å². The molecule has 0 nitrogen and oxygen atoms in total. The van der Waals surface area contributed by atoms with Gasteiger partial charge in [-0.05, 0) is 121 Å². The number of hydrogen-bond acceptors (Lipinski definition) is 0. The second kappa shape index (κ2) is 8.81. The highest BCUT2D eigenvalue weighted by atomic mass is 14.3. The SMILES string of the molecule is c1ccc(-c2c3c(c(-c4ccccc4)c4cc5ccccc5cc24)-c2ccc4c5cccc6cccc(c7ccc-3c2c74)c65)cc1. The number of hydrogen-bond donors (Lipinski definition) is 0. The van der Waals surface area contributed by atoms with Crippen molar-refractivity contribution in [2.24, 2.45) is 0 Å². The molecule has 0 atom stereocenters. The van der Waals surface area contributed by atoms with Crippen LogP contribution in [0.4, 0.5) is 0 Å². The van der Waals surface area contributed by atoms with Gasteiger partial charge in [-0.3, -0.25) is 0 Å². The van der Waals surface area contributed by atoms with Crippen LogP contribution in [0.5, 0.6) is 0 Å². The van der Waals surface area contributed by atoms with Gasteiger partial charge in [-0.15, -0.1) is 0 Å². The second-order valence-electron chi connectivity index (χ2n) is 12.8. The molecule has 210 valence electrons. The molecule has 0 N–H and O–H groups in total. The molecule has 11 rings (SSSR count). The minimum atomic E-state index is 1.26. The standard InChI is InChI=1S/C46H26/c1-3-11-28(12-4-1)41-38-25-30-15-7-8-16-31(30)26-39(38)42(29-13-5-2-6-14-29)46-37-24-22-35-33-20-10-18-27-17-9-19-32(40(27)33)34-21-23-36(45(41)46)44(37)43(34)35/h1-26H. The predicted octanol–water partition coefficient (Wildman–Crippen LogP) is 13.0. The van der Waals surface area contributed by atoms with Crippen molar-refractivity contribution < 1.29 is 0 Å². The lowest BCUT2D eigenvalue weighted by Gasteiger charge is -2.21. The fourth-order valence-corrected chi connectivity index (χ4v) is 8.67. The lowest BCUT2D eigenvalue weighted by Crippen LogP contribution is -1.94. The van der Waals surface area contributed by atoms with Crippen LogP contribution in [0.1, 0.15) is 0 Å². The van der Waals surface area contributed by atoms with Crippen LogP contribution in [0.2, 0.25) is 0 Å². The fourth-order valence-electron chi connectivity index (χ4n) is 8.67. The Hall–Kier alpha value is -5.98. The van der Waals surface area contributed by atoms with Gasteiger partial charge in [0, 0.05) is 0 Å². The lowest BCUT2D eigenvalue weighted by atomic mass is 9.82. The molecule has 1 aliphatic rings. The summed E-state index contributed by atoms with van der Waals surface area (Å²) in [5, 5.41) is 15.9. The zero-order valence-corrected chi connectivity index (χ0v) is 25.0. The average molecular weight is 579 g/mol. The van der Waals surface area contributed by atoms with Crippen molar-refractivity contribution in [1.82, 2.24) is 0 Å². The van der Waals surface area contributed by atoms with Crippen molar-refractivity contribution in [3.8, 4) is 44.5 Å². The Morgan fingerprint density at radius 3 is 1.17 bits per heavy atom. The van der Waals surface area contributed by atoms with E-state index in [-0.39, 0.29) is 0 Å². The van der Waals surface area contributed by atoms with Crippen LogP contribution in [0, 0.1) is 0 Å². The van der Waals surface area contributed by atoms with Gasteiger partial charge in [-0.1, -0.05) is 146 Å². The maximum absolute atomic E-state index is 2.43. The van der Waals surface area contributed by atoms with Crippen LogP contribution >= 0.6 is 0 Å². The van der Waals surface area contributed by atoms with Crippen molar-refractivity contribution in [2.45, 2.75) is 0 Å². The van der Waals surface area contributed by atoms with E-state index in [0.717, 1.165) is 0 Å². The highest BCUT2D eigenvalue weighted by Gasteiger charge is 2.32. The molecule has 0 unspecified atom stereocenters. The molecule has 46 heavy (non-hydrogen) atoms. The molecule has 0 spiro atoms. The van der Waals surface area contributed by atoms with Crippen molar-refractivity contribution in [3.63, 3.8) is 0 Å². The van der Waals surface area contributed by atoms with Gasteiger partial charge in [0.25, 0.3) is 0 Å². The van der Waals surface area contributed by atoms with E-state index in [1.807, 2.05) is 0 Å². The summed E-state index contributed by atoms with van der Waals surface area (Å²) in [4.78, 5) is 0. The van der Waals surface area contributed by atoms with Crippen molar-refractivity contribution in [1.29, 1.82) is 0 Å². The maximum atomic E-state index is 2.43. The van der Waals surface area contributed by atoms with Crippen LogP contribution in [-0.2, 0) is 0 Å². The topological polar surface area (TPSA) is 0 Å². The van der Waals surface area contributed by atoms with Gasteiger partial charge in [0.05, 0.1) is 0 Å². The van der Waals surface area contributed by atoms with Gasteiger partial charge in [0.15, 0.2) is 0 Å². The predicted molar refractivity (Wildman–Crippen MR) is 198 cm³/mol. The third-order valence-corrected chi connectivity index (χ3v) is 10.5. The van der Waals surface area contributed by atoms with Crippen LogP contribution in [0.3, 0.4) is 0 Å². The smallest absolute Gasteiger partial charge is 0.000740 e. The van der Waals surface area contributed by atoms with E-state index in [9.17, 15) is 0 Å². The van der Waals surface area contributed by atoms with Crippen LogP contribution in [-0.4, -0.2) is 0 Å². The first-order valence-corrected chi connectivity index (χ1v) is 16.1. The summed E-state index contributed by atoms with van der Waals surface area (Å²) in [6, 6.07) is 58.9. The first kappa shape index (κ1) is 24.4. The molecule has 0 amide bonds. The molecule has 0 fully saturated rings. The zero-order valence-electron chi connectivity index (χ0n) is 25.0. The molecule has 0 aliphatic heterocycles.